The number of amides is 1. The van der Waals surface area contributed by atoms with Crippen LogP contribution >= 0.6 is 0 Å². The van der Waals surface area contributed by atoms with Crippen molar-refractivity contribution in [2.75, 3.05) is 44.6 Å². The lowest BCUT2D eigenvalue weighted by Crippen LogP contribution is -2.47. The fraction of sp³-hybridized carbons (Fsp3) is 0.594. The van der Waals surface area contributed by atoms with Gasteiger partial charge >= 0.3 is 0 Å². The van der Waals surface area contributed by atoms with Gasteiger partial charge in [0, 0.05) is 31.3 Å². The molecule has 0 fully saturated rings. The number of fused-ring (bicyclic) bond motifs is 1. The monoisotopic (exact) mass is 603 g/mol. The van der Waals surface area contributed by atoms with Gasteiger partial charge in [0.2, 0.25) is 0 Å². The number of aryl methyl sites for hydroxylation is 1. The van der Waals surface area contributed by atoms with E-state index in [1.807, 2.05) is 13.8 Å². The van der Waals surface area contributed by atoms with E-state index in [0.717, 1.165) is 44.3 Å². The van der Waals surface area contributed by atoms with Crippen LogP contribution in [0.4, 0.5) is 5.69 Å². The number of likely N-dealkylation sites (N-methyl/N-ethyl adjacent to an activating group) is 1. The first-order valence-corrected chi connectivity index (χ1v) is 16.6. The lowest BCUT2D eigenvalue weighted by Gasteiger charge is -2.35. The Kier molecular flexibility index (Phi) is 12.7. The van der Waals surface area contributed by atoms with E-state index in [0.29, 0.717) is 18.9 Å². The Morgan fingerprint density at radius 1 is 1.14 bits per heavy atom. The molecule has 2 N–H and O–H groups in total. The van der Waals surface area contributed by atoms with Crippen LogP contribution in [0, 0.1) is 12.8 Å². The van der Waals surface area contributed by atoms with Crippen molar-refractivity contribution in [1.82, 2.24) is 9.80 Å². The van der Waals surface area contributed by atoms with Crippen LogP contribution in [-0.2, 0) is 14.8 Å². The predicted molar refractivity (Wildman–Crippen MR) is 167 cm³/mol. The van der Waals surface area contributed by atoms with Crippen LogP contribution in [0.25, 0.3) is 0 Å². The van der Waals surface area contributed by atoms with Gasteiger partial charge in [0.1, 0.15) is 5.75 Å². The summed E-state index contributed by atoms with van der Waals surface area (Å²) in [6.07, 6.45) is 3.38. The lowest BCUT2D eigenvalue weighted by molar-refractivity contribution is -0.0167. The van der Waals surface area contributed by atoms with Crippen LogP contribution < -0.4 is 9.46 Å². The van der Waals surface area contributed by atoms with Crippen molar-refractivity contribution in [3.8, 4) is 5.75 Å². The zero-order valence-corrected chi connectivity index (χ0v) is 26.8. The van der Waals surface area contributed by atoms with Crippen molar-refractivity contribution < 1.29 is 27.8 Å². The number of hydrogen-bond acceptors (Lipinski definition) is 7. The molecule has 0 bridgehead atoms. The van der Waals surface area contributed by atoms with Crippen molar-refractivity contribution in [3.63, 3.8) is 0 Å². The molecular formula is C32H49N3O6S. The van der Waals surface area contributed by atoms with E-state index >= 15 is 0 Å². The molecule has 0 aliphatic carbocycles. The van der Waals surface area contributed by atoms with Crippen molar-refractivity contribution in [2.24, 2.45) is 5.92 Å². The molecule has 2 aromatic rings. The molecule has 0 radical (unpaired) electrons. The number of carbonyl (C=O) groups is 1. The Morgan fingerprint density at radius 3 is 2.52 bits per heavy atom. The van der Waals surface area contributed by atoms with Gasteiger partial charge in [0.25, 0.3) is 15.9 Å². The molecule has 234 valence electrons. The molecule has 1 aliphatic rings. The molecule has 10 heteroatoms. The number of ether oxygens (including phenoxy) is 2. The predicted octanol–water partition coefficient (Wildman–Crippen LogP) is 4.93. The average Bonchev–Trinajstić information content (AvgIpc) is 2.94. The minimum Gasteiger partial charge on any atom is -0.490 e. The molecule has 1 heterocycles. The fourth-order valence-electron chi connectivity index (χ4n) is 5.16. The number of rotatable bonds is 9. The van der Waals surface area contributed by atoms with Crippen LogP contribution in [-0.4, -0.2) is 87.4 Å². The molecule has 1 aliphatic heterocycles. The summed E-state index contributed by atoms with van der Waals surface area (Å²) in [5.74, 6) is 0.0394. The molecule has 3 rings (SSSR count). The van der Waals surface area contributed by atoms with E-state index in [1.54, 1.807) is 48.2 Å². The molecule has 2 aromatic carbocycles. The Bertz CT molecular complexity index is 1250. The molecule has 9 nitrogen and oxygen atoms in total. The zero-order chi connectivity index (χ0) is 30.9. The molecule has 0 unspecified atom stereocenters. The third-order valence-electron chi connectivity index (χ3n) is 7.73. The maximum absolute atomic E-state index is 14.2. The molecule has 0 saturated heterocycles. The second kappa shape index (κ2) is 15.7. The molecular weight excluding hydrogens is 554 g/mol. The van der Waals surface area contributed by atoms with E-state index in [1.165, 1.54) is 6.07 Å². The first kappa shape index (κ1) is 33.8. The lowest BCUT2D eigenvalue weighted by atomic mass is 10.0. The molecule has 0 aromatic heterocycles. The minimum absolute atomic E-state index is 0.0169. The standard InChI is InChI=1S/C32H49N3O6S/c1-7-17-34(6)21-31-24(3)20-35(25(4)22-36)32(37)29-19-27(33-42(38,39)28-14-11-23(2)12-15-28)13-16-30(29)41-26(5)10-8-9-18-40-31/h11-16,19,24-26,31,33,36H,7-10,17-18,20-22H2,1-6H3/t24-,25-,26+,31-/m1/s1. The van der Waals surface area contributed by atoms with Crippen molar-refractivity contribution >= 4 is 21.6 Å². The number of benzene rings is 2. The number of hydrogen-bond donors (Lipinski definition) is 2. The SMILES string of the molecule is CCCN(C)C[C@H]1OCCCC[C@H](C)Oc2ccc(NS(=O)(=O)c3ccc(C)cc3)cc2C(=O)N([C@H](C)CO)C[C@H]1C. The summed E-state index contributed by atoms with van der Waals surface area (Å²) in [5.41, 5.74) is 1.46. The van der Waals surface area contributed by atoms with E-state index in [-0.39, 0.29) is 46.8 Å². The number of aliphatic hydroxyl groups is 1. The Hall–Kier alpha value is -2.66. The van der Waals surface area contributed by atoms with Gasteiger partial charge < -0.3 is 24.4 Å². The molecule has 4 atom stereocenters. The first-order chi connectivity index (χ1) is 19.9. The number of nitrogens with zero attached hydrogens (tertiary/aromatic N) is 2. The maximum Gasteiger partial charge on any atom is 0.261 e. The quantitative estimate of drug-likeness (QED) is 0.418. The van der Waals surface area contributed by atoms with Crippen LogP contribution in [0.1, 0.15) is 69.3 Å². The highest BCUT2D eigenvalue weighted by molar-refractivity contribution is 7.92. The third-order valence-corrected chi connectivity index (χ3v) is 9.13. The van der Waals surface area contributed by atoms with Crippen molar-refractivity contribution in [2.45, 2.75) is 83.4 Å². The van der Waals surface area contributed by atoms with Crippen molar-refractivity contribution in [1.29, 1.82) is 0 Å². The van der Waals surface area contributed by atoms with Gasteiger partial charge in [-0.15, -0.1) is 0 Å². The number of sulfonamides is 1. The second-order valence-electron chi connectivity index (χ2n) is 11.7. The van der Waals surface area contributed by atoms with Crippen LogP contribution in [0.5, 0.6) is 5.75 Å². The average molecular weight is 604 g/mol. The minimum atomic E-state index is -3.88. The molecule has 0 spiro atoms. The summed E-state index contributed by atoms with van der Waals surface area (Å²) in [7, 11) is -1.80. The van der Waals surface area contributed by atoms with Gasteiger partial charge in [-0.1, -0.05) is 31.5 Å². The third kappa shape index (κ3) is 9.42. The summed E-state index contributed by atoms with van der Waals surface area (Å²) in [4.78, 5) is 18.3. The highest BCUT2D eigenvalue weighted by atomic mass is 32.2. The van der Waals surface area contributed by atoms with Gasteiger partial charge in [-0.3, -0.25) is 9.52 Å². The smallest absolute Gasteiger partial charge is 0.261 e. The molecule has 1 amide bonds. The van der Waals surface area contributed by atoms with E-state index in [4.69, 9.17) is 9.47 Å². The summed E-state index contributed by atoms with van der Waals surface area (Å²) >= 11 is 0. The van der Waals surface area contributed by atoms with Gasteiger partial charge in [0.15, 0.2) is 0 Å². The van der Waals surface area contributed by atoms with Gasteiger partial charge in [-0.05, 0) is 90.4 Å². The molecule has 0 saturated carbocycles. The fourth-order valence-corrected chi connectivity index (χ4v) is 6.21. The largest absolute Gasteiger partial charge is 0.490 e. The highest BCUT2D eigenvalue weighted by Gasteiger charge is 2.30. The van der Waals surface area contributed by atoms with E-state index in [9.17, 15) is 18.3 Å². The Labute approximate surface area is 252 Å². The van der Waals surface area contributed by atoms with E-state index < -0.39 is 16.1 Å². The van der Waals surface area contributed by atoms with Gasteiger partial charge in [0.05, 0.1) is 35.3 Å². The van der Waals surface area contributed by atoms with Crippen LogP contribution in [0.15, 0.2) is 47.4 Å². The Balaban J connectivity index is 2.00. The summed E-state index contributed by atoms with van der Waals surface area (Å²) in [5, 5.41) is 10.1. The topological polar surface area (TPSA) is 108 Å². The molecule has 42 heavy (non-hydrogen) atoms. The zero-order valence-electron chi connectivity index (χ0n) is 26.0. The van der Waals surface area contributed by atoms with Crippen LogP contribution in [0.2, 0.25) is 0 Å². The van der Waals surface area contributed by atoms with Crippen LogP contribution in [0.3, 0.4) is 0 Å². The maximum atomic E-state index is 14.2. The summed E-state index contributed by atoms with van der Waals surface area (Å²) in [6, 6.07) is 10.9. The highest BCUT2D eigenvalue weighted by Crippen LogP contribution is 2.29. The normalized spacial score (nSPS) is 21.8. The number of anilines is 1. The number of carbonyl (C=O) groups excluding carboxylic acids is 1. The first-order valence-electron chi connectivity index (χ1n) is 15.1. The van der Waals surface area contributed by atoms with Gasteiger partial charge in [-0.25, -0.2) is 8.42 Å². The van der Waals surface area contributed by atoms with E-state index in [2.05, 4.69) is 30.5 Å². The number of aliphatic hydroxyl groups excluding tert-OH is 1. The Morgan fingerprint density at radius 2 is 1.86 bits per heavy atom. The number of nitrogens with one attached hydrogen (secondary N) is 1. The second-order valence-corrected chi connectivity index (χ2v) is 13.4. The summed E-state index contributed by atoms with van der Waals surface area (Å²) in [6.45, 7) is 12.4. The summed E-state index contributed by atoms with van der Waals surface area (Å²) < 4.78 is 41.5. The van der Waals surface area contributed by atoms with Gasteiger partial charge in [-0.2, -0.15) is 0 Å². The van der Waals surface area contributed by atoms with Crippen molar-refractivity contribution in [3.05, 3.63) is 53.6 Å².